The normalized spacial score (nSPS) is 42.8. The Morgan fingerprint density at radius 1 is 1.20 bits per heavy atom. The molecule has 6 nitrogen and oxygen atoms in total. The van der Waals surface area contributed by atoms with Crippen LogP contribution < -0.4 is 0 Å². The van der Waals surface area contributed by atoms with Crippen molar-refractivity contribution in [2.75, 3.05) is 6.61 Å². The molecule has 4 rings (SSSR count). The van der Waals surface area contributed by atoms with E-state index in [9.17, 15) is 24.6 Å². The first-order valence-electron chi connectivity index (χ1n) is 11.4. The number of carbonyl (C=O) groups excluding carboxylic acids is 3. The number of carbonyl (C=O) groups is 3. The molecule has 30 heavy (non-hydrogen) atoms. The van der Waals surface area contributed by atoms with Gasteiger partial charge in [-0.25, -0.2) is 0 Å². The summed E-state index contributed by atoms with van der Waals surface area (Å²) in [5.41, 5.74) is -1.35. The number of ether oxygens (including phenoxy) is 1. The van der Waals surface area contributed by atoms with E-state index in [2.05, 4.69) is 0 Å². The largest absolute Gasteiger partial charge is 0.457 e. The van der Waals surface area contributed by atoms with E-state index in [1.807, 2.05) is 13.0 Å². The number of aliphatic hydroxyl groups is 2. The fourth-order valence-electron chi connectivity index (χ4n) is 7.12. The number of esters is 1. The monoisotopic (exact) mass is 418 g/mol. The molecular weight excluding hydrogens is 384 g/mol. The van der Waals surface area contributed by atoms with E-state index in [4.69, 9.17) is 4.74 Å². The van der Waals surface area contributed by atoms with Gasteiger partial charge in [0.15, 0.2) is 18.0 Å². The Hall–Kier alpha value is -1.53. The third-order valence-electron chi connectivity index (χ3n) is 8.76. The molecule has 0 bridgehead atoms. The molecule has 0 unspecified atom stereocenters. The van der Waals surface area contributed by atoms with E-state index in [-0.39, 0.29) is 17.6 Å². The number of rotatable bonds is 4. The maximum atomic E-state index is 13.1. The summed E-state index contributed by atoms with van der Waals surface area (Å²) in [5.74, 6) is 0.0302. The van der Waals surface area contributed by atoms with E-state index in [1.54, 1.807) is 13.8 Å². The van der Waals surface area contributed by atoms with Crippen molar-refractivity contribution in [3.63, 3.8) is 0 Å². The van der Waals surface area contributed by atoms with Crippen LogP contribution in [-0.2, 0) is 19.1 Å². The minimum absolute atomic E-state index is 0.0418. The molecule has 0 aromatic heterocycles. The molecule has 0 aromatic rings. The van der Waals surface area contributed by atoms with Crippen molar-refractivity contribution in [3.05, 3.63) is 11.6 Å². The summed E-state index contributed by atoms with van der Waals surface area (Å²) in [6, 6.07) is 0. The van der Waals surface area contributed by atoms with Gasteiger partial charge in [0.1, 0.15) is 0 Å². The molecule has 0 heterocycles. The highest BCUT2D eigenvalue weighted by Gasteiger charge is 2.69. The highest BCUT2D eigenvalue weighted by Crippen LogP contribution is 2.65. The lowest BCUT2D eigenvalue weighted by Crippen LogP contribution is -2.60. The fourth-order valence-corrected chi connectivity index (χ4v) is 7.12. The molecule has 7 atom stereocenters. The Morgan fingerprint density at radius 2 is 1.93 bits per heavy atom. The maximum Gasteiger partial charge on any atom is 0.308 e. The van der Waals surface area contributed by atoms with Crippen LogP contribution in [0.4, 0.5) is 0 Å². The SMILES string of the molecule is CC(C)C(=O)OCC(=O)[C@@]1(O)[C@H](O)C[C@H]2[C@@H]3CCC4=CC(=O)CC[C@@H]4[C@H]3CC[C@@]21C. The molecule has 6 heteroatoms. The van der Waals surface area contributed by atoms with Crippen molar-refractivity contribution < 1.29 is 29.3 Å². The molecule has 2 N–H and O–H groups in total. The Labute approximate surface area is 178 Å². The quantitative estimate of drug-likeness (QED) is 0.681. The standard InChI is InChI=1S/C24H34O6/c1-13(2)22(28)30-12-21(27)24(29)20(26)11-19-18-6-4-14-10-15(25)5-7-16(14)17(18)8-9-23(19,24)3/h10,13,16-20,26,29H,4-9,11-12H2,1-3H3/t16-,17+,18+,19-,20+,23-,24-/m0/s1. The van der Waals surface area contributed by atoms with Crippen molar-refractivity contribution in [1.29, 1.82) is 0 Å². The van der Waals surface area contributed by atoms with Gasteiger partial charge in [-0.05, 0) is 68.3 Å². The predicted molar refractivity (Wildman–Crippen MR) is 109 cm³/mol. The smallest absolute Gasteiger partial charge is 0.308 e. The summed E-state index contributed by atoms with van der Waals surface area (Å²) in [6.07, 6.45) is 5.93. The molecule has 0 aromatic carbocycles. The molecule has 3 saturated carbocycles. The fraction of sp³-hybridized carbons (Fsp3) is 0.792. The summed E-state index contributed by atoms with van der Waals surface area (Å²) < 4.78 is 5.10. The molecule has 166 valence electrons. The minimum Gasteiger partial charge on any atom is -0.457 e. The van der Waals surface area contributed by atoms with Gasteiger partial charge >= 0.3 is 5.97 Å². The molecule has 0 saturated heterocycles. The van der Waals surface area contributed by atoms with Crippen LogP contribution in [-0.4, -0.2) is 46.1 Å². The summed E-state index contributed by atoms with van der Waals surface area (Å²) in [5, 5.41) is 22.4. The predicted octanol–water partition coefficient (Wildman–Crippen LogP) is 2.60. The minimum atomic E-state index is -1.89. The van der Waals surface area contributed by atoms with Crippen LogP contribution in [0.25, 0.3) is 0 Å². The summed E-state index contributed by atoms with van der Waals surface area (Å²) in [6.45, 7) is 4.81. The summed E-state index contributed by atoms with van der Waals surface area (Å²) >= 11 is 0. The van der Waals surface area contributed by atoms with Gasteiger partial charge < -0.3 is 14.9 Å². The lowest BCUT2D eigenvalue weighted by Gasteiger charge is -2.55. The highest BCUT2D eigenvalue weighted by atomic mass is 16.5. The molecule has 0 spiro atoms. The van der Waals surface area contributed by atoms with E-state index in [0.717, 1.165) is 25.7 Å². The summed E-state index contributed by atoms with van der Waals surface area (Å²) in [4.78, 5) is 36.7. The van der Waals surface area contributed by atoms with Gasteiger partial charge in [-0.2, -0.15) is 0 Å². The zero-order valence-electron chi connectivity index (χ0n) is 18.2. The third-order valence-corrected chi connectivity index (χ3v) is 8.76. The molecular formula is C24H34O6. The van der Waals surface area contributed by atoms with Gasteiger partial charge in [-0.15, -0.1) is 0 Å². The van der Waals surface area contributed by atoms with Crippen LogP contribution in [0.3, 0.4) is 0 Å². The third kappa shape index (κ3) is 3.10. The average Bonchev–Trinajstić information content (AvgIpc) is 2.92. The number of aliphatic hydroxyl groups excluding tert-OH is 1. The van der Waals surface area contributed by atoms with Gasteiger partial charge in [0, 0.05) is 11.8 Å². The van der Waals surface area contributed by atoms with Gasteiger partial charge in [0.25, 0.3) is 0 Å². The number of allylic oxidation sites excluding steroid dienone is 1. The van der Waals surface area contributed by atoms with Crippen molar-refractivity contribution >= 4 is 17.5 Å². The summed E-state index contributed by atoms with van der Waals surface area (Å²) in [7, 11) is 0. The van der Waals surface area contributed by atoms with Crippen LogP contribution >= 0.6 is 0 Å². The van der Waals surface area contributed by atoms with E-state index < -0.39 is 35.5 Å². The van der Waals surface area contributed by atoms with Crippen molar-refractivity contribution in [1.82, 2.24) is 0 Å². The van der Waals surface area contributed by atoms with Crippen LogP contribution in [0.5, 0.6) is 0 Å². The molecule has 4 aliphatic rings. The van der Waals surface area contributed by atoms with Crippen molar-refractivity contribution in [3.8, 4) is 0 Å². The van der Waals surface area contributed by atoms with Crippen LogP contribution in [0.15, 0.2) is 11.6 Å². The Balaban J connectivity index is 1.56. The second-order valence-electron chi connectivity index (χ2n) is 10.5. The average molecular weight is 419 g/mol. The van der Waals surface area contributed by atoms with E-state index >= 15 is 0 Å². The molecule has 0 amide bonds. The molecule has 0 radical (unpaired) electrons. The molecule has 3 fully saturated rings. The topological polar surface area (TPSA) is 101 Å². The van der Waals surface area contributed by atoms with Crippen molar-refractivity contribution in [2.24, 2.45) is 35.0 Å². The van der Waals surface area contributed by atoms with Crippen molar-refractivity contribution in [2.45, 2.75) is 77.4 Å². The molecule has 4 aliphatic carbocycles. The van der Waals surface area contributed by atoms with Gasteiger partial charge in [0.05, 0.1) is 12.0 Å². The Kier molecular flexibility index (Phi) is 5.46. The first-order chi connectivity index (χ1) is 14.1. The van der Waals surface area contributed by atoms with Crippen LogP contribution in [0, 0.1) is 35.0 Å². The highest BCUT2D eigenvalue weighted by molar-refractivity contribution is 5.92. The second kappa shape index (κ2) is 7.56. The van der Waals surface area contributed by atoms with Gasteiger partial charge in [0.2, 0.25) is 5.78 Å². The first-order valence-corrected chi connectivity index (χ1v) is 11.4. The maximum absolute atomic E-state index is 13.1. The van der Waals surface area contributed by atoms with E-state index in [0.29, 0.717) is 37.0 Å². The number of Topliss-reactive ketones (excluding diaryl/α,β-unsaturated/α-hetero) is 1. The number of ketones is 2. The first kappa shape index (κ1) is 21.7. The number of hydrogen-bond acceptors (Lipinski definition) is 6. The number of fused-ring (bicyclic) bond motifs is 5. The lowest BCUT2D eigenvalue weighted by molar-refractivity contribution is -0.180. The second-order valence-corrected chi connectivity index (χ2v) is 10.5. The Bertz CT molecular complexity index is 785. The zero-order valence-corrected chi connectivity index (χ0v) is 18.2. The molecule has 0 aliphatic heterocycles. The zero-order chi connectivity index (χ0) is 21.8. The lowest BCUT2D eigenvalue weighted by atomic mass is 9.50. The number of hydrogen-bond donors (Lipinski definition) is 2. The van der Waals surface area contributed by atoms with Gasteiger partial charge in [-0.3, -0.25) is 14.4 Å². The van der Waals surface area contributed by atoms with Gasteiger partial charge in [-0.1, -0.05) is 26.3 Å². The van der Waals surface area contributed by atoms with Crippen LogP contribution in [0.2, 0.25) is 0 Å². The van der Waals surface area contributed by atoms with Crippen LogP contribution in [0.1, 0.15) is 65.7 Å². The Morgan fingerprint density at radius 3 is 2.63 bits per heavy atom. The van der Waals surface area contributed by atoms with E-state index in [1.165, 1.54) is 5.57 Å².